The Kier molecular flexibility index (Phi) is 4.22. The summed E-state index contributed by atoms with van der Waals surface area (Å²) in [6.45, 7) is 6.16. The number of hydrogen-bond acceptors (Lipinski definition) is 3. The van der Waals surface area contributed by atoms with E-state index >= 15 is 0 Å². The quantitative estimate of drug-likeness (QED) is 0.896. The molecule has 2 N–H and O–H groups in total. The van der Waals surface area contributed by atoms with Crippen LogP contribution in [0.25, 0.3) is 0 Å². The number of hydrogen-bond donors (Lipinski definition) is 1. The summed E-state index contributed by atoms with van der Waals surface area (Å²) in [4.78, 5) is 2.39. The maximum atomic E-state index is 6.02. The van der Waals surface area contributed by atoms with Gasteiger partial charge >= 0.3 is 0 Å². The van der Waals surface area contributed by atoms with E-state index in [0.29, 0.717) is 6.04 Å². The Morgan fingerprint density at radius 3 is 2.42 bits per heavy atom. The Morgan fingerprint density at radius 1 is 1.21 bits per heavy atom. The number of nitrogens with two attached hydrogens (primary N) is 1. The third kappa shape index (κ3) is 3.35. The average molecular weight is 258 g/mol. The number of aromatic nitrogens is 2. The normalized spacial score (nSPS) is 11.4. The van der Waals surface area contributed by atoms with Gasteiger partial charge in [0.2, 0.25) is 0 Å². The SMILES string of the molecule is CC(C)N(Cc1ccccc1)Cc1cnn(C)c1N. The molecule has 0 saturated heterocycles. The van der Waals surface area contributed by atoms with Crippen molar-refractivity contribution in [3.8, 4) is 0 Å². The topological polar surface area (TPSA) is 47.1 Å². The second-order valence-electron chi connectivity index (χ2n) is 5.16. The molecule has 0 fully saturated rings. The standard InChI is InChI=1S/C15H22N4/c1-12(2)19(10-13-7-5-4-6-8-13)11-14-9-17-18(3)15(14)16/h4-9,12H,10-11,16H2,1-3H3. The van der Waals surface area contributed by atoms with E-state index in [1.807, 2.05) is 19.3 Å². The number of rotatable bonds is 5. The minimum Gasteiger partial charge on any atom is -0.384 e. The van der Waals surface area contributed by atoms with Crippen LogP contribution in [-0.4, -0.2) is 20.7 Å². The van der Waals surface area contributed by atoms with Crippen molar-refractivity contribution in [2.24, 2.45) is 7.05 Å². The minimum absolute atomic E-state index is 0.458. The Balaban J connectivity index is 2.11. The lowest BCUT2D eigenvalue weighted by Gasteiger charge is -2.26. The van der Waals surface area contributed by atoms with Gasteiger partial charge in [-0.15, -0.1) is 0 Å². The maximum absolute atomic E-state index is 6.02. The van der Waals surface area contributed by atoms with Crippen molar-refractivity contribution in [3.05, 3.63) is 47.7 Å². The summed E-state index contributed by atoms with van der Waals surface area (Å²) in [6, 6.07) is 11.0. The minimum atomic E-state index is 0.458. The molecule has 0 aliphatic rings. The Hall–Kier alpha value is -1.81. The van der Waals surface area contributed by atoms with Crippen LogP contribution in [0.2, 0.25) is 0 Å². The summed E-state index contributed by atoms with van der Waals surface area (Å²) < 4.78 is 1.72. The fraction of sp³-hybridized carbons (Fsp3) is 0.400. The van der Waals surface area contributed by atoms with Crippen molar-refractivity contribution in [2.45, 2.75) is 33.0 Å². The van der Waals surface area contributed by atoms with E-state index in [1.165, 1.54) is 5.56 Å². The first-order valence-corrected chi connectivity index (χ1v) is 6.62. The third-order valence-electron chi connectivity index (χ3n) is 3.40. The summed E-state index contributed by atoms with van der Waals surface area (Å²) in [7, 11) is 1.87. The van der Waals surface area contributed by atoms with Crippen LogP contribution >= 0.6 is 0 Å². The summed E-state index contributed by atoms with van der Waals surface area (Å²) >= 11 is 0. The number of nitrogens with zero attached hydrogens (tertiary/aromatic N) is 3. The van der Waals surface area contributed by atoms with Gasteiger partial charge in [-0.1, -0.05) is 30.3 Å². The van der Waals surface area contributed by atoms with Crippen molar-refractivity contribution in [1.82, 2.24) is 14.7 Å². The zero-order valence-electron chi connectivity index (χ0n) is 11.9. The molecule has 0 amide bonds. The van der Waals surface area contributed by atoms with Crippen LogP contribution in [0.1, 0.15) is 25.0 Å². The number of nitrogen functional groups attached to an aromatic ring is 1. The second kappa shape index (κ2) is 5.89. The van der Waals surface area contributed by atoms with Gasteiger partial charge in [0, 0.05) is 31.7 Å². The first-order chi connectivity index (χ1) is 9.08. The molecule has 0 atom stereocenters. The highest BCUT2D eigenvalue weighted by atomic mass is 15.3. The van der Waals surface area contributed by atoms with E-state index < -0.39 is 0 Å². The highest BCUT2D eigenvalue weighted by Gasteiger charge is 2.14. The molecule has 19 heavy (non-hydrogen) atoms. The van der Waals surface area contributed by atoms with Gasteiger partial charge in [-0.25, -0.2) is 0 Å². The smallest absolute Gasteiger partial charge is 0.125 e. The van der Waals surface area contributed by atoms with Crippen molar-refractivity contribution in [1.29, 1.82) is 0 Å². The largest absolute Gasteiger partial charge is 0.384 e. The Morgan fingerprint density at radius 2 is 1.89 bits per heavy atom. The highest BCUT2D eigenvalue weighted by Crippen LogP contribution is 2.16. The third-order valence-corrected chi connectivity index (χ3v) is 3.40. The van der Waals surface area contributed by atoms with Crippen LogP contribution in [-0.2, 0) is 20.1 Å². The Labute approximate surface area is 114 Å². The van der Waals surface area contributed by atoms with Gasteiger partial charge in [0.25, 0.3) is 0 Å². The van der Waals surface area contributed by atoms with E-state index in [0.717, 1.165) is 24.5 Å². The zero-order valence-corrected chi connectivity index (χ0v) is 11.9. The molecule has 0 unspecified atom stereocenters. The van der Waals surface area contributed by atoms with Crippen LogP contribution < -0.4 is 5.73 Å². The molecular formula is C15H22N4. The fourth-order valence-corrected chi connectivity index (χ4v) is 2.07. The van der Waals surface area contributed by atoms with Crippen molar-refractivity contribution < 1.29 is 0 Å². The Bertz CT molecular complexity index is 516. The fourth-order valence-electron chi connectivity index (χ4n) is 2.07. The lowest BCUT2D eigenvalue weighted by Crippen LogP contribution is -2.30. The van der Waals surface area contributed by atoms with Crippen LogP contribution in [0.5, 0.6) is 0 Å². The molecule has 4 heteroatoms. The number of anilines is 1. The van der Waals surface area contributed by atoms with Gasteiger partial charge < -0.3 is 5.73 Å². The predicted octanol–water partition coefficient (Wildman–Crippen LogP) is 2.41. The molecule has 0 saturated carbocycles. The predicted molar refractivity (Wildman–Crippen MR) is 78.4 cm³/mol. The molecular weight excluding hydrogens is 236 g/mol. The van der Waals surface area contributed by atoms with E-state index in [2.05, 4.69) is 48.1 Å². The lowest BCUT2D eigenvalue weighted by atomic mass is 10.1. The molecule has 0 spiro atoms. The molecule has 1 heterocycles. The van der Waals surface area contributed by atoms with E-state index in [9.17, 15) is 0 Å². The van der Waals surface area contributed by atoms with Crippen LogP contribution in [0.15, 0.2) is 36.5 Å². The molecule has 102 valence electrons. The lowest BCUT2D eigenvalue weighted by molar-refractivity contribution is 0.204. The first kappa shape index (κ1) is 13.6. The summed E-state index contributed by atoms with van der Waals surface area (Å²) in [5, 5.41) is 4.20. The van der Waals surface area contributed by atoms with Crippen molar-refractivity contribution >= 4 is 5.82 Å². The highest BCUT2D eigenvalue weighted by molar-refractivity contribution is 5.38. The van der Waals surface area contributed by atoms with E-state index in [4.69, 9.17) is 5.73 Å². The summed E-state index contributed by atoms with van der Waals surface area (Å²) in [5.74, 6) is 0.749. The van der Waals surface area contributed by atoms with Gasteiger partial charge in [0.15, 0.2) is 0 Å². The molecule has 2 rings (SSSR count). The monoisotopic (exact) mass is 258 g/mol. The molecule has 0 bridgehead atoms. The molecule has 1 aromatic heterocycles. The number of benzene rings is 1. The van der Waals surface area contributed by atoms with Gasteiger partial charge in [-0.05, 0) is 19.4 Å². The zero-order chi connectivity index (χ0) is 13.8. The molecule has 1 aromatic carbocycles. The van der Waals surface area contributed by atoms with Gasteiger partial charge in [-0.2, -0.15) is 5.10 Å². The van der Waals surface area contributed by atoms with Crippen molar-refractivity contribution in [2.75, 3.05) is 5.73 Å². The molecule has 0 aliphatic heterocycles. The van der Waals surface area contributed by atoms with Gasteiger partial charge in [-0.3, -0.25) is 9.58 Å². The maximum Gasteiger partial charge on any atom is 0.125 e. The van der Waals surface area contributed by atoms with Crippen molar-refractivity contribution in [3.63, 3.8) is 0 Å². The molecule has 0 radical (unpaired) electrons. The first-order valence-electron chi connectivity index (χ1n) is 6.62. The average Bonchev–Trinajstić information content (AvgIpc) is 2.71. The van der Waals surface area contributed by atoms with Crippen LogP contribution in [0.4, 0.5) is 5.82 Å². The second-order valence-corrected chi connectivity index (χ2v) is 5.16. The molecule has 0 aliphatic carbocycles. The van der Waals surface area contributed by atoms with Crippen LogP contribution in [0.3, 0.4) is 0 Å². The molecule has 2 aromatic rings. The molecule has 4 nitrogen and oxygen atoms in total. The van der Waals surface area contributed by atoms with Crippen LogP contribution in [0, 0.1) is 0 Å². The van der Waals surface area contributed by atoms with Gasteiger partial charge in [0.1, 0.15) is 5.82 Å². The van der Waals surface area contributed by atoms with Gasteiger partial charge in [0.05, 0.1) is 6.20 Å². The van der Waals surface area contributed by atoms with E-state index in [1.54, 1.807) is 4.68 Å². The summed E-state index contributed by atoms with van der Waals surface area (Å²) in [5.41, 5.74) is 8.43. The summed E-state index contributed by atoms with van der Waals surface area (Å²) in [6.07, 6.45) is 1.86. The van der Waals surface area contributed by atoms with E-state index in [-0.39, 0.29) is 0 Å². The number of aryl methyl sites for hydroxylation is 1.